The summed E-state index contributed by atoms with van der Waals surface area (Å²) >= 11 is 0. The first-order valence-corrected chi connectivity index (χ1v) is 5.80. The Labute approximate surface area is 111 Å². The van der Waals surface area contributed by atoms with Gasteiger partial charge in [-0.2, -0.15) is 9.97 Å². The Morgan fingerprint density at radius 3 is 2.85 bits per heavy atom. The molecule has 0 unspecified atom stereocenters. The lowest BCUT2D eigenvalue weighted by Gasteiger charge is -1.84. The molecule has 3 N–H and O–H groups in total. The fraction of sp³-hybridized carbons (Fsp3) is 0. The van der Waals surface area contributed by atoms with Gasteiger partial charge in [0.15, 0.2) is 5.76 Å². The Kier molecular flexibility index (Phi) is 2.10. The van der Waals surface area contributed by atoms with Crippen LogP contribution >= 0.6 is 0 Å². The van der Waals surface area contributed by atoms with Gasteiger partial charge in [-0.15, -0.1) is 5.10 Å². The van der Waals surface area contributed by atoms with Crippen molar-refractivity contribution in [3.63, 3.8) is 0 Å². The van der Waals surface area contributed by atoms with Gasteiger partial charge in [-0.25, -0.2) is 0 Å². The van der Waals surface area contributed by atoms with Crippen LogP contribution in [0.3, 0.4) is 0 Å². The monoisotopic (exact) mass is 268 g/mol. The molecule has 0 spiro atoms. The number of anilines is 1. The van der Waals surface area contributed by atoms with E-state index in [4.69, 9.17) is 14.7 Å². The van der Waals surface area contributed by atoms with Gasteiger partial charge < -0.3 is 14.7 Å². The highest BCUT2D eigenvalue weighted by atomic mass is 16.5. The average Bonchev–Trinajstić information content (AvgIpc) is 3.16. The normalized spacial score (nSPS) is 11.2. The molecule has 4 rings (SSSR count). The van der Waals surface area contributed by atoms with Gasteiger partial charge in [0, 0.05) is 5.39 Å². The number of aromatic amines is 1. The fourth-order valence-corrected chi connectivity index (χ4v) is 1.88. The molecule has 1 aromatic carbocycles. The molecule has 0 atom stereocenters. The molecule has 0 bridgehead atoms. The topological polar surface area (TPSA) is 120 Å². The molecule has 0 aliphatic heterocycles. The van der Waals surface area contributed by atoms with Gasteiger partial charge in [-0.05, 0) is 12.1 Å². The number of para-hydroxylation sites is 1. The molecule has 98 valence electrons. The van der Waals surface area contributed by atoms with E-state index < -0.39 is 0 Å². The largest absolute Gasteiger partial charge is 0.453 e. The van der Waals surface area contributed by atoms with E-state index in [1.54, 1.807) is 0 Å². The summed E-state index contributed by atoms with van der Waals surface area (Å²) in [6.45, 7) is 0. The lowest BCUT2D eigenvalue weighted by molar-refractivity contribution is 0.427. The van der Waals surface area contributed by atoms with Gasteiger partial charge in [-0.3, -0.25) is 5.10 Å². The van der Waals surface area contributed by atoms with Crippen molar-refractivity contribution < 1.29 is 8.94 Å². The summed E-state index contributed by atoms with van der Waals surface area (Å²) in [5, 5.41) is 11.1. The molecule has 0 aliphatic rings. The Morgan fingerprint density at radius 1 is 1.15 bits per heavy atom. The van der Waals surface area contributed by atoms with E-state index >= 15 is 0 Å². The number of nitrogens with zero attached hydrogens (tertiary/aromatic N) is 4. The van der Waals surface area contributed by atoms with Gasteiger partial charge in [0.2, 0.25) is 17.6 Å². The predicted molar refractivity (Wildman–Crippen MR) is 69.3 cm³/mol. The van der Waals surface area contributed by atoms with Crippen molar-refractivity contribution >= 4 is 16.9 Å². The third-order valence-electron chi connectivity index (χ3n) is 2.78. The van der Waals surface area contributed by atoms with Crippen molar-refractivity contribution in [3.8, 4) is 23.3 Å². The number of fused-ring (bicyclic) bond motifs is 1. The molecule has 4 aromatic rings. The summed E-state index contributed by atoms with van der Waals surface area (Å²) in [6, 6.07) is 9.49. The third kappa shape index (κ3) is 1.62. The Bertz CT molecular complexity index is 857. The summed E-state index contributed by atoms with van der Waals surface area (Å²) in [6.07, 6.45) is 0. The van der Waals surface area contributed by atoms with Crippen molar-refractivity contribution in [2.45, 2.75) is 0 Å². The molecule has 0 saturated carbocycles. The van der Waals surface area contributed by atoms with Crippen LogP contribution in [0, 0.1) is 0 Å². The van der Waals surface area contributed by atoms with Gasteiger partial charge in [0.25, 0.3) is 5.89 Å². The zero-order valence-electron chi connectivity index (χ0n) is 10.1. The second-order valence-electron chi connectivity index (χ2n) is 4.11. The second-order valence-corrected chi connectivity index (χ2v) is 4.11. The number of nitrogens with one attached hydrogen (secondary N) is 1. The highest BCUT2D eigenvalue weighted by molar-refractivity contribution is 5.81. The van der Waals surface area contributed by atoms with E-state index in [0.29, 0.717) is 17.4 Å². The minimum absolute atomic E-state index is 0.114. The van der Waals surface area contributed by atoms with Crippen LogP contribution in [0.15, 0.2) is 39.3 Å². The van der Waals surface area contributed by atoms with Crippen LogP contribution in [0.4, 0.5) is 5.95 Å². The van der Waals surface area contributed by atoms with Crippen LogP contribution in [0.5, 0.6) is 0 Å². The predicted octanol–water partition coefficient (Wildman–Crippen LogP) is 1.85. The van der Waals surface area contributed by atoms with Crippen LogP contribution in [-0.4, -0.2) is 25.3 Å². The number of nitrogens with two attached hydrogens (primary N) is 1. The van der Waals surface area contributed by atoms with E-state index in [0.717, 1.165) is 11.0 Å². The minimum atomic E-state index is 0.114. The zero-order chi connectivity index (χ0) is 13.5. The molecule has 8 heteroatoms. The highest BCUT2D eigenvalue weighted by Crippen LogP contribution is 2.26. The Balaban J connectivity index is 1.77. The number of furan rings is 1. The number of hydrogen-bond donors (Lipinski definition) is 2. The first-order chi connectivity index (χ1) is 9.79. The molecule has 3 aromatic heterocycles. The van der Waals surface area contributed by atoms with Crippen LogP contribution in [0.2, 0.25) is 0 Å². The lowest BCUT2D eigenvalue weighted by atomic mass is 10.2. The van der Waals surface area contributed by atoms with Crippen molar-refractivity contribution in [1.29, 1.82) is 0 Å². The quantitative estimate of drug-likeness (QED) is 0.569. The number of rotatable bonds is 2. The lowest BCUT2D eigenvalue weighted by Crippen LogP contribution is -1.85. The van der Waals surface area contributed by atoms with E-state index in [9.17, 15) is 0 Å². The van der Waals surface area contributed by atoms with Crippen LogP contribution in [0.25, 0.3) is 34.3 Å². The fourth-order valence-electron chi connectivity index (χ4n) is 1.88. The van der Waals surface area contributed by atoms with Crippen LogP contribution in [0.1, 0.15) is 0 Å². The Morgan fingerprint density at radius 2 is 2.05 bits per heavy atom. The van der Waals surface area contributed by atoms with E-state index in [-0.39, 0.29) is 11.8 Å². The average molecular weight is 268 g/mol. The van der Waals surface area contributed by atoms with E-state index in [2.05, 4.69) is 25.3 Å². The second kappa shape index (κ2) is 3.92. The SMILES string of the molecule is Nc1n[nH]c(-c2nc(-c3cc4ccccc4o3)no2)n1. The van der Waals surface area contributed by atoms with Crippen LogP contribution < -0.4 is 5.73 Å². The molecular weight excluding hydrogens is 260 g/mol. The molecule has 0 fully saturated rings. The summed E-state index contributed by atoms with van der Waals surface area (Å²) in [7, 11) is 0. The van der Waals surface area contributed by atoms with Crippen LogP contribution in [-0.2, 0) is 0 Å². The third-order valence-corrected chi connectivity index (χ3v) is 2.78. The Hall–Kier alpha value is -3.16. The first kappa shape index (κ1) is 10.7. The molecule has 0 aliphatic carbocycles. The standard InChI is InChI=1S/C12H8N6O2/c13-12-15-10(16-17-12)11-14-9(18-20-11)8-5-6-3-1-2-4-7(6)19-8/h1-5H,(H3,13,15,16,17). The zero-order valence-corrected chi connectivity index (χ0v) is 10.1. The number of benzene rings is 1. The molecule has 0 saturated heterocycles. The van der Waals surface area contributed by atoms with Crippen molar-refractivity contribution in [3.05, 3.63) is 30.3 Å². The molecule has 20 heavy (non-hydrogen) atoms. The first-order valence-electron chi connectivity index (χ1n) is 5.80. The number of H-pyrrole nitrogens is 1. The molecule has 8 nitrogen and oxygen atoms in total. The molecule has 0 amide bonds. The summed E-state index contributed by atoms with van der Waals surface area (Å²) < 4.78 is 10.8. The number of hydrogen-bond acceptors (Lipinski definition) is 7. The van der Waals surface area contributed by atoms with Gasteiger partial charge in [0.05, 0.1) is 0 Å². The summed E-state index contributed by atoms with van der Waals surface area (Å²) in [5.41, 5.74) is 6.18. The van der Waals surface area contributed by atoms with E-state index in [1.807, 2.05) is 30.3 Å². The van der Waals surface area contributed by atoms with Crippen molar-refractivity contribution in [1.82, 2.24) is 25.3 Å². The maximum Gasteiger partial charge on any atom is 0.295 e. The van der Waals surface area contributed by atoms with Gasteiger partial charge >= 0.3 is 0 Å². The van der Waals surface area contributed by atoms with Gasteiger partial charge in [0.1, 0.15) is 5.58 Å². The summed E-state index contributed by atoms with van der Waals surface area (Å²) in [5.74, 6) is 1.49. The number of aromatic nitrogens is 5. The smallest absolute Gasteiger partial charge is 0.295 e. The number of nitrogen functional groups attached to an aromatic ring is 1. The van der Waals surface area contributed by atoms with Crippen molar-refractivity contribution in [2.24, 2.45) is 0 Å². The van der Waals surface area contributed by atoms with E-state index in [1.165, 1.54) is 0 Å². The maximum atomic E-state index is 5.65. The maximum absolute atomic E-state index is 5.65. The van der Waals surface area contributed by atoms with Gasteiger partial charge in [-0.1, -0.05) is 23.4 Å². The highest BCUT2D eigenvalue weighted by Gasteiger charge is 2.16. The minimum Gasteiger partial charge on any atom is -0.453 e. The molecule has 0 radical (unpaired) electrons. The summed E-state index contributed by atoms with van der Waals surface area (Å²) in [4.78, 5) is 8.11. The molecule has 3 heterocycles. The molecular formula is C12H8N6O2. The van der Waals surface area contributed by atoms with Crippen molar-refractivity contribution in [2.75, 3.05) is 5.73 Å².